The first-order chi connectivity index (χ1) is 5.13. The van der Waals surface area contributed by atoms with Gasteiger partial charge in [-0.15, -0.1) is 0 Å². The summed E-state index contributed by atoms with van der Waals surface area (Å²) in [5, 5.41) is 0. The van der Waals surface area contributed by atoms with E-state index in [1.807, 2.05) is 19.9 Å². The molecule has 2 heteroatoms. The fraction of sp³-hybridized carbons (Fsp3) is 0.444. The van der Waals surface area contributed by atoms with Gasteiger partial charge in [-0.2, -0.15) is 0 Å². The van der Waals surface area contributed by atoms with Crippen molar-refractivity contribution in [1.29, 1.82) is 0 Å². The van der Waals surface area contributed by atoms with Crippen molar-refractivity contribution in [3.05, 3.63) is 24.4 Å². The molecule has 0 radical (unpaired) electrons. The number of amides is 1. The highest BCUT2D eigenvalue weighted by Crippen LogP contribution is 2.02. The molecule has 0 saturated carbocycles. The number of hydrogen-bond acceptors (Lipinski definition) is 1. The van der Waals surface area contributed by atoms with Crippen LogP contribution in [0.5, 0.6) is 0 Å². The second kappa shape index (κ2) is 4.72. The summed E-state index contributed by atoms with van der Waals surface area (Å²) in [6.07, 6.45) is 3.51. The standard InChI is InChI=1S/C9H15NO/c1-5-7-8(3)10(6-2)9(4)11/h5,7H,1,6H2,2-4H3/b8-7+. The third kappa shape index (κ3) is 3.03. The molecule has 0 saturated heterocycles. The van der Waals surface area contributed by atoms with Crippen LogP contribution in [0.3, 0.4) is 0 Å². The average molecular weight is 153 g/mol. The van der Waals surface area contributed by atoms with Crippen LogP contribution in [0.1, 0.15) is 20.8 Å². The molecule has 62 valence electrons. The quantitative estimate of drug-likeness (QED) is 0.567. The van der Waals surface area contributed by atoms with Crippen LogP contribution in [-0.2, 0) is 4.79 Å². The summed E-state index contributed by atoms with van der Waals surface area (Å²) in [7, 11) is 0. The number of carbonyl (C=O) groups excluding carboxylic acids is 1. The predicted molar refractivity (Wildman–Crippen MR) is 47.0 cm³/mol. The van der Waals surface area contributed by atoms with E-state index in [9.17, 15) is 4.79 Å². The molecule has 0 aliphatic heterocycles. The van der Waals surface area contributed by atoms with E-state index in [0.29, 0.717) is 6.54 Å². The lowest BCUT2D eigenvalue weighted by Gasteiger charge is -2.18. The Morgan fingerprint density at radius 1 is 1.55 bits per heavy atom. The van der Waals surface area contributed by atoms with Crippen LogP contribution >= 0.6 is 0 Å². The third-order valence-electron chi connectivity index (χ3n) is 1.48. The smallest absolute Gasteiger partial charge is 0.223 e. The van der Waals surface area contributed by atoms with E-state index in [1.54, 1.807) is 17.9 Å². The van der Waals surface area contributed by atoms with Gasteiger partial charge in [0.25, 0.3) is 0 Å². The molecule has 0 N–H and O–H groups in total. The molecule has 0 atom stereocenters. The minimum absolute atomic E-state index is 0.0723. The molecule has 2 nitrogen and oxygen atoms in total. The van der Waals surface area contributed by atoms with Crippen molar-refractivity contribution in [2.24, 2.45) is 0 Å². The van der Waals surface area contributed by atoms with Crippen molar-refractivity contribution in [3.8, 4) is 0 Å². The van der Waals surface area contributed by atoms with E-state index in [1.165, 1.54) is 0 Å². The first kappa shape index (κ1) is 9.95. The molecule has 0 aromatic heterocycles. The molecule has 0 aromatic carbocycles. The zero-order valence-corrected chi connectivity index (χ0v) is 7.42. The van der Waals surface area contributed by atoms with Gasteiger partial charge in [-0.25, -0.2) is 0 Å². The fourth-order valence-electron chi connectivity index (χ4n) is 0.981. The van der Waals surface area contributed by atoms with E-state index in [2.05, 4.69) is 6.58 Å². The minimum atomic E-state index is 0.0723. The normalized spacial score (nSPS) is 11.0. The Morgan fingerprint density at radius 3 is 2.36 bits per heavy atom. The van der Waals surface area contributed by atoms with E-state index < -0.39 is 0 Å². The number of nitrogens with zero attached hydrogens (tertiary/aromatic N) is 1. The van der Waals surface area contributed by atoms with Crippen LogP contribution in [0, 0.1) is 0 Å². The molecule has 1 amide bonds. The first-order valence-electron chi connectivity index (χ1n) is 3.70. The van der Waals surface area contributed by atoms with Crippen molar-refractivity contribution in [3.63, 3.8) is 0 Å². The molecular weight excluding hydrogens is 138 g/mol. The van der Waals surface area contributed by atoms with E-state index in [4.69, 9.17) is 0 Å². The average Bonchev–Trinajstić information content (AvgIpc) is 1.88. The van der Waals surface area contributed by atoms with E-state index >= 15 is 0 Å². The van der Waals surface area contributed by atoms with Gasteiger partial charge in [0, 0.05) is 19.2 Å². The lowest BCUT2D eigenvalue weighted by atomic mass is 10.3. The number of allylic oxidation sites excluding steroid dienone is 3. The summed E-state index contributed by atoms with van der Waals surface area (Å²) >= 11 is 0. The van der Waals surface area contributed by atoms with Gasteiger partial charge in [0.15, 0.2) is 0 Å². The Balaban J connectivity index is 4.37. The van der Waals surface area contributed by atoms with Crippen molar-refractivity contribution in [2.45, 2.75) is 20.8 Å². The summed E-state index contributed by atoms with van der Waals surface area (Å²) in [6.45, 7) is 9.68. The summed E-state index contributed by atoms with van der Waals surface area (Å²) in [5.41, 5.74) is 0.940. The van der Waals surface area contributed by atoms with Gasteiger partial charge in [-0.1, -0.05) is 12.7 Å². The van der Waals surface area contributed by atoms with E-state index in [0.717, 1.165) is 5.70 Å². The zero-order valence-electron chi connectivity index (χ0n) is 7.42. The molecular formula is C9H15NO. The number of rotatable bonds is 3. The predicted octanol–water partition coefficient (Wildman–Crippen LogP) is 1.94. The van der Waals surface area contributed by atoms with Crippen LogP contribution in [0.25, 0.3) is 0 Å². The molecule has 0 aliphatic carbocycles. The second-order valence-electron chi connectivity index (χ2n) is 2.31. The summed E-state index contributed by atoms with van der Waals surface area (Å²) in [6, 6.07) is 0. The van der Waals surface area contributed by atoms with Crippen LogP contribution in [0.4, 0.5) is 0 Å². The monoisotopic (exact) mass is 153 g/mol. The Hall–Kier alpha value is -1.05. The lowest BCUT2D eigenvalue weighted by Crippen LogP contribution is -2.26. The van der Waals surface area contributed by atoms with Crippen LogP contribution < -0.4 is 0 Å². The number of carbonyl (C=O) groups is 1. The minimum Gasteiger partial charge on any atom is -0.317 e. The van der Waals surface area contributed by atoms with Gasteiger partial charge >= 0.3 is 0 Å². The zero-order chi connectivity index (χ0) is 8.85. The van der Waals surface area contributed by atoms with Crippen LogP contribution in [0.15, 0.2) is 24.4 Å². The molecule has 0 bridgehead atoms. The largest absolute Gasteiger partial charge is 0.317 e. The van der Waals surface area contributed by atoms with Crippen molar-refractivity contribution in [1.82, 2.24) is 4.90 Å². The molecule has 0 unspecified atom stereocenters. The molecule has 0 aliphatic rings. The maximum atomic E-state index is 10.9. The van der Waals surface area contributed by atoms with Crippen molar-refractivity contribution < 1.29 is 4.79 Å². The summed E-state index contributed by atoms with van der Waals surface area (Å²) < 4.78 is 0. The molecule has 0 fully saturated rings. The Labute approximate surface area is 68.2 Å². The van der Waals surface area contributed by atoms with Gasteiger partial charge in [-0.05, 0) is 19.9 Å². The number of hydrogen-bond donors (Lipinski definition) is 0. The summed E-state index contributed by atoms with van der Waals surface area (Å²) in [5.74, 6) is 0.0723. The van der Waals surface area contributed by atoms with Crippen LogP contribution in [0.2, 0.25) is 0 Å². The molecule has 11 heavy (non-hydrogen) atoms. The fourth-order valence-corrected chi connectivity index (χ4v) is 0.981. The van der Waals surface area contributed by atoms with Gasteiger partial charge < -0.3 is 4.90 Å². The van der Waals surface area contributed by atoms with Gasteiger partial charge in [0.1, 0.15) is 0 Å². The second-order valence-corrected chi connectivity index (χ2v) is 2.31. The maximum Gasteiger partial charge on any atom is 0.223 e. The molecule has 0 spiro atoms. The van der Waals surface area contributed by atoms with Crippen LogP contribution in [-0.4, -0.2) is 17.4 Å². The van der Waals surface area contributed by atoms with Gasteiger partial charge in [0.05, 0.1) is 0 Å². The summed E-state index contributed by atoms with van der Waals surface area (Å²) in [4.78, 5) is 12.6. The Kier molecular flexibility index (Phi) is 4.27. The molecule has 0 heterocycles. The lowest BCUT2D eigenvalue weighted by molar-refractivity contribution is -0.126. The van der Waals surface area contributed by atoms with Gasteiger partial charge in [-0.3, -0.25) is 4.79 Å². The van der Waals surface area contributed by atoms with Crippen molar-refractivity contribution in [2.75, 3.05) is 6.54 Å². The highest BCUT2D eigenvalue weighted by molar-refractivity contribution is 5.75. The first-order valence-corrected chi connectivity index (χ1v) is 3.70. The Morgan fingerprint density at radius 2 is 2.09 bits per heavy atom. The Bertz CT molecular complexity index is 182. The molecule has 0 rings (SSSR count). The van der Waals surface area contributed by atoms with Crippen molar-refractivity contribution >= 4 is 5.91 Å². The van der Waals surface area contributed by atoms with E-state index in [-0.39, 0.29) is 5.91 Å². The molecule has 0 aromatic rings. The van der Waals surface area contributed by atoms with Gasteiger partial charge in [0.2, 0.25) is 5.91 Å². The highest BCUT2D eigenvalue weighted by Gasteiger charge is 2.05. The maximum absolute atomic E-state index is 10.9. The third-order valence-corrected chi connectivity index (χ3v) is 1.48. The topological polar surface area (TPSA) is 20.3 Å². The highest BCUT2D eigenvalue weighted by atomic mass is 16.2. The SMILES string of the molecule is C=C/C=C(\C)N(CC)C(C)=O.